The van der Waals surface area contributed by atoms with Gasteiger partial charge in [-0.1, -0.05) is 6.92 Å². The average Bonchev–Trinajstić information content (AvgIpc) is 2.74. The van der Waals surface area contributed by atoms with Gasteiger partial charge in [-0.05, 0) is 31.8 Å². The molecule has 2 unspecified atom stereocenters. The molecule has 1 fully saturated rings. The zero-order valence-corrected chi connectivity index (χ0v) is 11.0. The molecule has 1 aromatic rings. The fraction of sp³-hybridized carbons (Fsp3) is 0.750. The number of aromatic nitrogens is 1. The third-order valence-electron chi connectivity index (χ3n) is 3.21. The summed E-state index contributed by atoms with van der Waals surface area (Å²) >= 11 is 1.73. The van der Waals surface area contributed by atoms with Crippen LogP contribution in [-0.4, -0.2) is 30.0 Å². The van der Waals surface area contributed by atoms with Crippen molar-refractivity contribution in [1.82, 2.24) is 9.88 Å². The lowest BCUT2D eigenvalue weighted by atomic mass is 10.3. The van der Waals surface area contributed by atoms with E-state index in [-0.39, 0.29) is 0 Å². The Morgan fingerprint density at radius 1 is 1.62 bits per heavy atom. The third kappa shape index (κ3) is 3.27. The van der Waals surface area contributed by atoms with Crippen LogP contribution in [-0.2, 0) is 13.0 Å². The number of nitrogens with two attached hydrogens (primary N) is 1. The maximum atomic E-state index is 5.52. The van der Waals surface area contributed by atoms with Crippen molar-refractivity contribution in [3.05, 3.63) is 16.1 Å². The summed E-state index contributed by atoms with van der Waals surface area (Å²) in [6.45, 7) is 5.22. The number of hydrogen-bond donors (Lipinski definition) is 1. The van der Waals surface area contributed by atoms with E-state index in [1.807, 2.05) is 0 Å². The topological polar surface area (TPSA) is 42.1 Å². The van der Waals surface area contributed by atoms with Crippen molar-refractivity contribution < 1.29 is 0 Å². The van der Waals surface area contributed by atoms with E-state index in [1.54, 1.807) is 11.3 Å². The van der Waals surface area contributed by atoms with Gasteiger partial charge in [-0.2, -0.15) is 0 Å². The first-order valence-corrected chi connectivity index (χ1v) is 6.89. The summed E-state index contributed by atoms with van der Waals surface area (Å²) in [6.07, 6.45) is 2.31. The number of nitrogens with zero attached hydrogens (tertiary/aromatic N) is 2. The van der Waals surface area contributed by atoms with Gasteiger partial charge in [0.15, 0.2) is 0 Å². The molecule has 0 bridgehead atoms. The first-order valence-electron chi connectivity index (χ1n) is 6.01. The first kappa shape index (κ1) is 12.0. The highest BCUT2D eigenvalue weighted by molar-refractivity contribution is 7.09. The Morgan fingerprint density at radius 2 is 2.38 bits per heavy atom. The Bertz CT molecular complexity index is 337. The summed E-state index contributed by atoms with van der Waals surface area (Å²) in [5, 5.41) is 3.34. The van der Waals surface area contributed by atoms with Crippen LogP contribution in [0.3, 0.4) is 0 Å². The SMILES string of the molecule is CC1CC1CN(C)Cc1csc(CCN)n1. The van der Waals surface area contributed by atoms with Gasteiger partial charge in [-0.25, -0.2) is 4.98 Å². The predicted molar refractivity (Wildman–Crippen MR) is 68.5 cm³/mol. The normalized spacial score (nSPS) is 24.0. The molecule has 0 radical (unpaired) electrons. The zero-order valence-electron chi connectivity index (χ0n) is 10.1. The van der Waals surface area contributed by atoms with Crippen LogP contribution < -0.4 is 5.73 Å². The van der Waals surface area contributed by atoms with Crippen LogP contribution in [0.15, 0.2) is 5.38 Å². The molecule has 4 heteroatoms. The van der Waals surface area contributed by atoms with Gasteiger partial charge in [0.2, 0.25) is 0 Å². The van der Waals surface area contributed by atoms with Gasteiger partial charge in [0.1, 0.15) is 0 Å². The third-order valence-corrected chi connectivity index (χ3v) is 4.17. The monoisotopic (exact) mass is 239 g/mol. The Balaban J connectivity index is 1.78. The second kappa shape index (κ2) is 5.25. The Labute approximate surface area is 102 Å². The van der Waals surface area contributed by atoms with Crippen LogP contribution in [0.2, 0.25) is 0 Å². The molecule has 0 aliphatic heterocycles. The molecule has 0 saturated heterocycles. The minimum atomic E-state index is 0.697. The second-order valence-electron chi connectivity index (χ2n) is 4.94. The van der Waals surface area contributed by atoms with Crippen molar-refractivity contribution in [3.8, 4) is 0 Å². The Hall–Kier alpha value is -0.450. The maximum Gasteiger partial charge on any atom is 0.0941 e. The van der Waals surface area contributed by atoms with E-state index in [1.165, 1.54) is 23.7 Å². The minimum absolute atomic E-state index is 0.697. The summed E-state index contributed by atoms with van der Waals surface area (Å²) in [5.41, 5.74) is 6.72. The molecule has 2 atom stereocenters. The van der Waals surface area contributed by atoms with Gasteiger partial charge in [0, 0.05) is 24.9 Å². The fourth-order valence-electron chi connectivity index (χ4n) is 2.05. The number of rotatable bonds is 6. The standard InChI is InChI=1S/C12H21N3S/c1-9-5-10(9)6-15(2)7-11-8-16-12(14-11)3-4-13/h8-10H,3-7,13H2,1-2H3. The maximum absolute atomic E-state index is 5.52. The molecule has 3 nitrogen and oxygen atoms in total. The van der Waals surface area contributed by atoms with E-state index in [9.17, 15) is 0 Å². The van der Waals surface area contributed by atoms with Crippen LogP contribution in [0.25, 0.3) is 0 Å². The molecular weight excluding hydrogens is 218 g/mol. The smallest absolute Gasteiger partial charge is 0.0941 e. The lowest BCUT2D eigenvalue weighted by molar-refractivity contribution is 0.304. The Morgan fingerprint density at radius 3 is 3.00 bits per heavy atom. The van der Waals surface area contributed by atoms with Crippen LogP contribution in [0.4, 0.5) is 0 Å². The van der Waals surface area contributed by atoms with E-state index in [4.69, 9.17) is 5.73 Å². The molecule has 2 N–H and O–H groups in total. The van der Waals surface area contributed by atoms with Gasteiger partial charge >= 0.3 is 0 Å². The molecular formula is C12H21N3S. The highest BCUT2D eigenvalue weighted by atomic mass is 32.1. The molecule has 1 aliphatic rings. The van der Waals surface area contributed by atoms with Gasteiger partial charge in [-0.15, -0.1) is 11.3 Å². The summed E-state index contributed by atoms with van der Waals surface area (Å²) in [4.78, 5) is 6.97. The zero-order chi connectivity index (χ0) is 11.5. The lowest BCUT2D eigenvalue weighted by Gasteiger charge is -2.14. The molecule has 1 aliphatic carbocycles. The largest absolute Gasteiger partial charge is 0.330 e. The minimum Gasteiger partial charge on any atom is -0.330 e. The molecule has 16 heavy (non-hydrogen) atoms. The van der Waals surface area contributed by atoms with E-state index < -0.39 is 0 Å². The molecule has 0 aromatic carbocycles. The van der Waals surface area contributed by atoms with Crippen LogP contribution in [0, 0.1) is 11.8 Å². The molecule has 0 amide bonds. The quantitative estimate of drug-likeness (QED) is 0.822. The molecule has 1 heterocycles. The molecule has 1 aromatic heterocycles. The van der Waals surface area contributed by atoms with Crippen LogP contribution in [0.1, 0.15) is 24.0 Å². The van der Waals surface area contributed by atoms with Gasteiger partial charge in [0.25, 0.3) is 0 Å². The van der Waals surface area contributed by atoms with Crippen molar-refractivity contribution in [2.24, 2.45) is 17.6 Å². The van der Waals surface area contributed by atoms with E-state index >= 15 is 0 Å². The van der Waals surface area contributed by atoms with E-state index in [0.717, 1.165) is 24.8 Å². The molecule has 90 valence electrons. The second-order valence-corrected chi connectivity index (χ2v) is 5.88. The summed E-state index contributed by atoms with van der Waals surface area (Å²) < 4.78 is 0. The molecule has 1 saturated carbocycles. The molecule has 0 spiro atoms. The van der Waals surface area contributed by atoms with Crippen LogP contribution >= 0.6 is 11.3 Å². The first-order chi connectivity index (χ1) is 7.69. The van der Waals surface area contributed by atoms with Gasteiger partial charge in [-0.3, -0.25) is 0 Å². The number of thiazole rings is 1. The van der Waals surface area contributed by atoms with E-state index in [2.05, 4.69) is 29.2 Å². The molecule has 2 rings (SSSR count). The number of hydrogen-bond acceptors (Lipinski definition) is 4. The van der Waals surface area contributed by atoms with Crippen LogP contribution in [0.5, 0.6) is 0 Å². The van der Waals surface area contributed by atoms with Gasteiger partial charge < -0.3 is 10.6 Å². The fourth-order valence-corrected chi connectivity index (χ4v) is 2.86. The highest BCUT2D eigenvalue weighted by Crippen LogP contribution is 2.38. The van der Waals surface area contributed by atoms with Crippen molar-refractivity contribution in [3.63, 3.8) is 0 Å². The van der Waals surface area contributed by atoms with Crippen molar-refractivity contribution in [1.29, 1.82) is 0 Å². The lowest BCUT2D eigenvalue weighted by Crippen LogP contribution is -2.21. The highest BCUT2D eigenvalue weighted by Gasteiger charge is 2.33. The Kier molecular flexibility index (Phi) is 3.95. The summed E-state index contributed by atoms with van der Waals surface area (Å²) in [6, 6.07) is 0. The van der Waals surface area contributed by atoms with Gasteiger partial charge in [0.05, 0.1) is 10.7 Å². The summed E-state index contributed by atoms with van der Waals surface area (Å²) in [7, 11) is 2.19. The van der Waals surface area contributed by atoms with Crippen molar-refractivity contribution >= 4 is 11.3 Å². The summed E-state index contributed by atoms with van der Waals surface area (Å²) in [5.74, 6) is 1.86. The van der Waals surface area contributed by atoms with Crippen molar-refractivity contribution in [2.45, 2.75) is 26.3 Å². The average molecular weight is 239 g/mol. The van der Waals surface area contributed by atoms with Crippen molar-refractivity contribution in [2.75, 3.05) is 20.1 Å². The van der Waals surface area contributed by atoms with E-state index in [0.29, 0.717) is 6.54 Å². The predicted octanol–water partition coefficient (Wildman–Crippen LogP) is 1.73.